The summed E-state index contributed by atoms with van der Waals surface area (Å²) in [6.45, 7) is 4.62. The fourth-order valence-corrected chi connectivity index (χ4v) is 3.57. The van der Waals surface area contributed by atoms with Crippen LogP contribution in [-0.4, -0.2) is 12.1 Å². The summed E-state index contributed by atoms with van der Waals surface area (Å²) >= 11 is 6.05. The Hall–Kier alpha value is -0.530. The molecule has 0 heterocycles. The molecule has 0 aromatic heterocycles. The summed E-state index contributed by atoms with van der Waals surface area (Å²) in [5.41, 5.74) is 1.33. The first kappa shape index (κ1) is 14.9. The minimum Gasteiger partial charge on any atom is -0.311 e. The topological polar surface area (TPSA) is 12.0 Å². The Morgan fingerprint density at radius 1 is 1.32 bits per heavy atom. The molecule has 106 valence electrons. The number of rotatable bonds is 5. The maximum atomic E-state index is 6.05. The van der Waals surface area contributed by atoms with E-state index in [0.29, 0.717) is 12.1 Å². The molecular formula is C17H26ClN. The first-order valence-corrected chi connectivity index (χ1v) is 8.07. The monoisotopic (exact) mass is 279 g/mol. The second-order valence-corrected chi connectivity index (χ2v) is 6.40. The van der Waals surface area contributed by atoms with Crippen LogP contribution in [0.1, 0.15) is 51.5 Å². The molecule has 0 amide bonds. The number of nitrogens with one attached hydrogen (secondary N) is 1. The fourth-order valence-electron chi connectivity index (χ4n) is 3.36. The maximum Gasteiger partial charge on any atom is 0.0408 e. The van der Waals surface area contributed by atoms with Crippen molar-refractivity contribution in [2.45, 2.75) is 64.5 Å². The van der Waals surface area contributed by atoms with E-state index in [1.165, 1.54) is 37.7 Å². The Bertz CT molecular complexity index is 391. The van der Waals surface area contributed by atoms with Crippen molar-refractivity contribution < 1.29 is 0 Å². The molecule has 0 aliphatic heterocycles. The van der Waals surface area contributed by atoms with Gasteiger partial charge < -0.3 is 5.32 Å². The van der Waals surface area contributed by atoms with Crippen LogP contribution in [-0.2, 0) is 6.42 Å². The molecule has 1 fully saturated rings. The Labute approximate surface area is 122 Å². The van der Waals surface area contributed by atoms with Gasteiger partial charge in [-0.2, -0.15) is 0 Å². The first-order chi connectivity index (χ1) is 9.19. The van der Waals surface area contributed by atoms with Crippen LogP contribution >= 0.6 is 11.6 Å². The number of hydrogen-bond donors (Lipinski definition) is 1. The van der Waals surface area contributed by atoms with Crippen molar-refractivity contribution in [1.29, 1.82) is 0 Å². The van der Waals surface area contributed by atoms with E-state index in [1.807, 2.05) is 12.1 Å². The van der Waals surface area contributed by atoms with Gasteiger partial charge >= 0.3 is 0 Å². The molecule has 0 spiro atoms. The first-order valence-electron chi connectivity index (χ1n) is 7.69. The van der Waals surface area contributed by atoms with Crippen LogP contribution in [0, 0.1) is 5.92 Å². The molecule has 1 nitrogen and oxygen atoms in total. The van der Waals surface area contributed by atoms with Gasteiger partial charge in [-0.3, -0.25) is 0 Å². The second kappa shape index (κ2) is 7.31. The summed E-state index contributed by atoms with van der Waals surface area (Å²) in [5, 5.41) is 4.69. The van der Waals surface area contributed by atoms with Gasteiger partial charge in [-0.15, -0.1) is 0 Å². The van der Waals surface area contributed by atoms with Crippen molar-refractivity contribution in [3.63, 3.8) is 0 Å². The lowest BCUT2D eigenvalue weighted by atomic mass is 9.82. The largest absolute Gasteiger partial charge is 0.311 e. The lowest BCUT2D eigenvalue weighted by Gasteiger charge is -2.34. The molecule has 1 saturated carbocycles. The Kier molecular flexibility index (Phi) is 5.72. The van der Waals surface area contributed by atoms with Crippen LogP contribution in [0.5, 0.6) is 0 Å². The third-order valence-corrected chi connectivity index (χ3v) is 4.60. The molecule has 1 aliphatic rings. The van der Waals surface area contributed by atoms with Crippen LogP contribution in [0.2, 0.25) is 5.02 Å². The van der Waals surface area contributed by atoms with E-state index in [-0.39, 0.29) is 0 Å². The SMILES string of the molecule is CCC1CCCCC1NC(C)Cc1cccc(Cl)c1. The number of halogens is 1. The molecule has 1 N–H and O–H groups in total. The van der Waals surface area contributed by atoms with Gasteiger partial charge in [-0.25, -0.2) is 0 Å². The van der Waals surface area contributed by atoms with Gasteiger partial charge in [0.1, 0.15) is 0 Å². The van der Waals surface area contributed by atoms with Gasteiger partial charge in [-0.1, -0.05) is 49.9 Å². The second-order valence-electron chi connectivity index (χ2n) is 5.96. The van der Waals surface area contributed by atoms with Crippen molar-refractivity contribution >= 4 is 11.6 Å². The summed E-state index contributed by atoms with van der Waals surface area (Å²) in [6.07, 6.45) is 7.92. The van der Waals surface area contributed by atoms with E-state index in [4.69, 9.17) is 11.6 Å². The summed E-state index contributed by atoms with van der Waals surface area (Å²) in [5.74, 6) is 0.871. The zero-order valence-electron chi connectivity index (χ0n) is 12.2. The molecule has 3 unspecified atom stereocenters. The Morgan fingerprint density at radius 3 is 2.84 bits per heavy atom. The van der Waals surface area contributed by atoms with Crippen molar-refractivity contribution in [2.24, 2.45) is 5.92 Å². The standard InChI is InChI=1S/C17H26ClN/c1-3-15-8-4-5-10-17(15)19-13(2)11-14-7-6-9-16(18)12-14/h6-7,9,12-13,15,17,19H,3-5,8,10-11H2,1-2H3. The van der Waals surface area contributed by atoms with Crippen LogP contribution in [0.15, 0.2) is 24.3 Å². The highest BCUT2D eigenvalue weighted by Gasteiger charge is 2.24. The van der Waals surface area contributed by atoms with E-state index < -0.39 is 0 Å². The fraction of sp³-hybridized carbons (Fsp3) is 0.647. The molecule has 19 heavy (non-hydrogen) atoms. The molecular weight excluding hydrogens is 254 g/mol. The quantitative estimate of drug-likeness (QED) is 0.814. The predicted octanol–water partition coefficient (Wildman–Crippen LogP) is 4.83. The zero-order chi connectivity index (χ0) is 13.7. The van der Waals surface area contributed by atoms with Crippen molar-refractivity contribution in [1.82, 2.24) is 5.32 Å². The van der Waals surface area contributed by atoms with E-state index in [0.717, 1.165) is 17.4 Å². The van der Waals surface area contributed by atoms with Gasteiger partial charge in [0.15, 0.2) is 0 Å². The third kappa shape index (κ3) is 4.50. The Balaban J connectivity index is 1.87. The number of hydrogen-bond acceptors (Lipinski definition) is 1. The Morgan fingerprint density at radius 2 is 2.11 bits per heavy atom. The molecule has 0 radical (unpaired) electrons. The molecule has 0 bridgehead atoms. The van der Waals surface area contributed by atoms with Gasteiger partial charge in [0.05, 0.1) is 0 Å². The van der Waals surface area contributed by atoms with Crippen LogP contribution in [0.25, 0.3) is 0 Å². The summed E-state index contributed by atoms with van der Waals surface area (Å²) < 4.78 is 0. The lowest BCUT2D eigenvalue weighted by molar-refractivity contribution is 0.239. The van der Waals surface area contributed by atoms with Gasteiger partial charge in [0, 0.05) is 17.1 Å². The average molecular weight is 280 g/mol. The van der Waals surface area contributed by atoms with Gasteiger partial charge in [0.25, 0.3) is 0 Å². The smallest absolute Gasteiger partial charge is 0.0408 e. The van der Waals surface area contributed by atoms with E-state index >= 15 is 0 Å². The minimum atomic E-state index is 0.524. The normalized spacial score (nSPS) is 25.2. The molecule has 0 saturated heterocycles. The van der Waals surface area contributed by atoms with E-state index in [1.54, 1.807) is 0 Å². The van der Waals surface area contributed by atoms with E-state index in [9.17, 15) is 0 Å². The van der Waals surface area contributed by atoms with E-state index in [2.05, 4.69) is 31.3 Å². The predicted molar refractivity (Wildman–Crippen MR) is 83.8 cm³/mol. The molecule has 3 atom stereocenters. The summed E-state index contributed by atoms with van der Waals surface area (Å²) in [7, 11) is 0. The van der Waals surface area contributed by atoms with Crippen molar-refractivity contribution in [2.75, 3.05) is 0 Å². The molecule has 2 heteroatoms. The van der Waals surface area contributed by atoms with Crippen molar-refractivity contribution in [3.8, 4) is 0 Å². The summed E-state index contributed by atoms with van der Waals surface area (Å²) in [4.78, 5) is 0. The van der Waals surface area contributed by atoms with Crippen LogP contribution in [0.3, 0.4) is 0 Å². The highest BCUT2D eigenvalue weighted by atomic mass is 35.5. The highest BCUT2D eigenvalue weighted by Crippen LogP contribution is 2.27. The highest BCUT2D eigenvalue weighted by molar-refractivity contribution is 6.30. The van der Waals surface area contributed by atoms with Gasteiger partial charge in [-0.05, 0) is 49.8 Å². The van der Waals surface area contributed by atoms with Crippen LogP contribution in [0.4, 0.5) is 0 Å². The molecule has 1 aliphatic carbocycles. The lowest BCUT2D eigenvalue weighted by Crippen LogP contribution is -2.43. The van der Waals surface area contributed by atoms with Crippen LogP contribution < -0.4 is 5.32 Å². The minimum absolute atomic E-state index is 0.524. The molecule has 1 aromatic carbocycles. The summed E-state index contributed by atoms with van der Waals surface area (Å²) in [6, 6.07) is 9.47. The zero-order valence-corrected chi connectivity index (χ0v) is 12.9. The van der Waals surface area contributed by atoms with Crippen molar-refractivity contribution in [3.05, 3.63) is 34.9 Å². The van der Waals surface area contributed by atoms with Gasteiger partial charge in [0.2, 0.25) is 0 Å². The third-order valence-electron chi connectivity index (χ3n) is 4.36. The maximum absolute atomic E-state index is 6.05. The molecule has 2 rings (SSSR count). The molecule has 1 aromatic rings. The average Bonchev–Trinajstić information content (AvgIpc) is 2.39. The number of benzene rings is 1.